The number of hydrogen-bond acceptors (Lipinski definition) is 3. The number of piperidine rings is 1. The highest BCUT2D eigenvalue weighted by atomic mass is 16.3. The Balaban J connectivity index is 1.78. The van der Waals surface area contributed by atoms with Crippen LogP contribution in [0.4, 0.5) is 4.79 Å². The summed E-state index contributed by atoms with van der Waals surface area (Å²) in [5.74, 6) is 0. The number of aliphatic hydroxyl groups excluding tert-OH is 1. The maximum absolute atomic E-state index is 12.2. The van der Waals surface area contributed by atoms with Gasteiger partial charge < -0.3 is 15.3 Å². The van der Waals surface area contributed by atoms with Crippen LogP contribution in [-0.2, 0) is 6.42 Å². The molecule has 0 bridgehead atoms. The van der Waals surface area contributed by atoms with Crippen molar-refractivity contribution in [3.05, 3.63) is 30.1 Å². The number of carbonyl (C=O) groups excluding carboxylic acids is 1. The molecule has 2 heterocycles. The number of likely N-dealkylation sites (tertiary alicyclic amines) is 1. The Labute approximate surface area is 120 Å². The number of carbonyl (C=O) groups is 1. The third-order valence-corrected chi connectivity index (χ3v) is 3.73. The minimum absolute atomic E-state index is 0.0147. The van der Waals surface area contributed by atoms with Crippen LogP contribution >= 0.6 is 0 Å². The summed E-state index contributed by atoms with van der Waals surface area (Å²) in [6.45, 7) is 1.53. The van der Waals surface area contributed by atoms with E-state index in [0.717, 1.165) is 37.9 Å². The van der Waals surface area contributed by atoms with Crippen LogP contribution in [-0.4, -0.2) is 46.8 Å². The Morgan fingerprint density at radius 3 is 3.10 bits per heavy atom. The molecular weight excluding hydrogens is 254 g/mol. The van der Waals surface area contributed by atoms with Crippen molar-refractivity contribution in [1.29, 1.82) is 0 Å². The number of aliphatic hydroxyl groups is 1. The molecule has 1 saturated heterocycles. The summed E-state index contributed by atoms with van der Waals surface area (Å²) < 4.78 is 0. The van der Waals surface area contributed by atoms with Crippen LogP contribution in [0.2, 0.25) is 0 Å². The highest BCUT2D eigenvalue weighted by Crippen LogP contribution is 2.19. The van der Waals surface area contributed by atoms with Crippen LogP contribution in [0.1, 0.15) is 31.4 Å². The average molecular weight is 277 g/mol. The lowest BCUT2D eigenvalue weighted by Crippen LogP contribution is -2.49. The van der Waals surface area contributed by atoms with Gasteiger partial charge >= 0.3 is 6.03 Å². The summed E-state index contributed by atoms with van der Waals surface area (Å²) in [5, 5.41) is 12.0. The van der Waals surface area contributed by atoms with Crippen LogP contribution in [0.25, 0.3) is 0 Å². The Morgan fingerprint density at radius 2 is 2.35 bits per heavy atom. The van der Waals surface area contributed by atoms with Crippen LogP contribution in [0.5, 0.6) is 0 Å². The molecule has 1 atom stereocenters. The van der Waals surface area contributed by atoms with Crippen molar-refractivity contribution in [2.75, 3.05) is 19.7 Å². The van der Waals surface area contributed by atoms with Crippen LogP contribution in [0, 0.1) is 0 Å². The molecule has 2 N–H and O–H groups in total. The molecule has 1 aromatic heterocycles. The van der Waals surface area contributed by atoms with Gasteiger partial charge in [0.05, 0.1) is 0 Å². The first-order valence-corrected chi connectivity index (χ1v) is 7.36. The number of rotatable bonds is 5. The van der Waals surface area contributed by atoms with E-state index in [9.17, 15) is 4.79 Å². The van der Waals surface area contributed by atoms with Gasteiger partial charge in [-0.1, -0.05) is 6.07 Å². The minimum Gasteiger partial charge on any atom is -0.396 e. The van der Waals surface area contributed by atoms with Crippen molar-refractivity contribution >= 4 is 6.03 Å². The summed E-state index contributed by atoms with van der Waals surface area (Å²) in [5.41, 5.74) is 0.985. The number of pyridine rings is 1. The van der Waals surface area contributed by atoms with Crippen molar-refractivity contribution < 1.29 is 9.90 Å². The van der Waals surface area contributed by atoms with Crippen molar-refractivity contribution in [3.63, 3.8) is 0 Å². The van der Waals surface area contributed by atoms with Gasteiger partial charge in [-0.15, -0.1) is 0 Å². The number of amides is 2. The molecule has 0 aromatic carbocycles. The number of nitrogens with one attached hydrogen (secondary N) is 1. The molecule has 2 amide bonds. The van der Waals surface area contributed by atoms with E-state index in [2.05, 4.69) is 10.3 Å². The molecule has 1 fully saturated rings. The minimum atomic E-state index is -0.0147. The fourth-order valence-corrected chi connectivity index (χ4v) is 2.66. The molecule has 0 radical (unpaired) electrons. The highest BCUT2D eigenvalue weighted by molar-refractivity contribution is 5.74. The lowest BCUT2D eigenvalue weighted by atomic mass is 10.0. The standard InChI is InChI=1S/C15H23N3O2/c19-12-8-14-6-2-4-11-18(14)15(20)17-10-7-13-5-1-3-9-16-13/h1,3,5,9,14,19H,2,4,6-8,10-12H2,(H,17,20). The quantitative estimate of drug-likeness (QED) is 0.858. The number of nitrogens with zero attached hydrogens (tertiary/aromatic N) is 2. The Morgan fingerprint density at radius 1 is 1.45 bits per heavy atom. The maximum Gasteiger partial charge on any atom is 0.317 e. The highest BCUT2D eigenvalue weighted by Gasteiger charge is 2.25. The van der Waals surface area contributed by atoms with Crippen molar-refractivity contribution in [1.82, 2.24) is 15.2 Å². The van der Waals surface area contributed by atoms with E-state index in [1.54, 1.807) is 6.20 Å². The molecule has 1 aromatic rings. The van der Waals surface area contributed by atoms with Crippen molar-refractivity contribution in [2.45, 2.75) is 38.1 Å². The zero-order chi connectivity index (χ0) is 14.2. The monoisotopic (exact) mass is 277 g/mol. The van der Waals surface area contributed by atoms with Gasteiger partial charge in [0.25, 0.3) is 0 Å². The molecule has 1 aliphatic rings. The third kappa shape index (κ3) is 4.20. The topological polar surface area (TPSA) is 65.5 Å². The number of urea groups is 1. The molecule has 20 heavy (non-hydrogen) atoms. The summed E-state index contributed by atoms with van der Waals surface area (Å²) >= 11 is 0. The zero-order valence-electron chi connectivity index (χ0n) is 11.8. The first-order valence-electron chi connectivity index (χ1n) is 7.36. The largest absolute Gasteiger partial charge is 0.396 e. The first-order chi connectivity index (χ1) is 9.81. The molecule has 0 spiro atoms. The smallest absolute Gasteiger partial charge is 0.317 e. The summed E-state index contributed by atoms with van der Waals surface area (Å²) in [6, 6.07) is 5.96. The lowest BCUT2D eigenvalue weighted by molar-refractivity contribution is 0.132. The summed E-state index contributed by atoms with van der Waals surface area (Å²) in [4.78, 5) is 18.3. The molecule has 1 aliphatic heterocycles. The molecular formula is C15H23N3O2. The zero-order valence-corrected chi connectivity index (χ0v) is 11.8. The van der Waals surface area contributed by atoms with Crippen LogP contribution in [0.3, 0.4) is 0 Å². The van der Waals surface area contributed by atoms with Crippen molar-refractivity contribution in [2.24, 2.45) is 0 Å². The fourth-order valence-electron chi connectivity index (χ4n) is 2.66. The fraction of sp³-hybridized carbons (Fsp3) is 0.600. The van der Waals surface area contributed by atoms with E-state index < -0.39 is 0 Å². The van der Waals surface area contributed by atoms with Gasteiger partial charge in [0.15, 0.2) is 0 Å². The van der Waals surface area contributed by atoms with E-state index in [4.69, 9.17) is 5.11 Å². The Kier molecular flexibility index (Phi) is 5.80. The van der Waals surface area contributed by atoms with Crippen LogP contribution in [0.15, 0.2) is 24.4 Å². The Hall–Kier alpha value is -1.62. The molecule has 1 unspecified atom stereocenters. The molecule has 110 valence electrons. The van der Waals surface area contributed by atoms with Gasteiger partial charge in [0.1, 0.15) is 0 Å². The maximum atomic E-state index is 12.2. The second-order valence-corrected chi connectivity index (χ2v) is 5.16. The van der Waals surface area contributed by atoms with Crippen LogP contribution < -0.4 is 5.32 Å². The molecule has 2 rings (SSSR count). The van der Waals surface area contributed by atoms with E-state index in [1.165, 1.54) is 0 Å². The summed E-state index contributed by atoms with van der Waals surface area (Å²) in [7, 11) is 0. The lowest BCUT2D eigenvalue weighted by Gasteiger charge is -2.35. The van der Waals surface area contributed by atoms with E-state index >= 15 is 0 Å². The molecule has 5 heteroatoms. The predicted molar refractivity (Wildman–Crippen MR) is 77.4 cm³/mol. The van der Waals surface area contributed by atoms with E-state index in [0.29, 0.717) is 13.0 Å². The first kappa shape index (κ1) is 14.8. The molecule has 5 nitrogen and oxygen atoms in total. The predicted octanol–water partition coefficient (Wildman–Crippen LogP) is 1.57. The van der Waals surface area contributed by atoms with Crippen molar-refractivity contribution in [3.8, 4) is 0 Å². The molecule has 0 aliphatic carbocycles. The van der Waals surface area contributed by atoms with Gasteiger partial charge in [-0.25, -0.2) is 4.79 Å². The van der Waals surface area contributed by atoms with Gasteiger partial charge in [0, 0.05) is 44.0 Å². The van der Waals surface area contributed by atoms with Gasteiger partial charge in [-0.3, -0.25) is 4.98 Å². The number of hydrogen-bond donors (Lipinski definition) is 2. The van der Waals surface area contributed by atoms with E-state index in [-0.39, 0.29) is 18.7 Å². The van der Waals surface area contributed by atoms with Gasteiger partial charge in [0.2, 0.25) is 0 Å². The second-order valence-electron chi connectivity index (χ2n) is 5.16. The SMILES string of the molecule is O=C(NCCc1ccccn1)N1CCCCC1CCO. The van der Waals surface area contributed by atoms with Gasteiger partial charge in [-0.05, 0) is 37.8 Å². The summed E-state index contributed by atoms with van der Waals surface area (Å²) in [6.07, 6.45) is 6.37. The third-order valence-electron chi connectivity index (χ3n) is 3.73. The normalized spacial score (nSPS) is 18.9. The second kappa shape index (κ2) is 7.85. The van der Waals surface area contributed by atoms with Gasteiger partial charge in [-0.2, -0.15) is 0 Å². The van der Waals surface area contributed by atoms with E-state index in [1.807, 2.05) is 23.1 Å². The number of aromatic nitrogens is 1. The average Bonchev–Trinajstić information content (AvgIpc) is 2.49. The molecule has 0 saturated carbocycles. The Bertz CT molecular complexity index is 409.